The van der Waals surface area contributed by atoms with E-state index in [-0.39, 0.29) is 40.1 Å². The highest BCUT2D eigenvalue weighted by atomic mass is 35.5. The zero-order valence-electron chi connectivity index (χ0n) is 18.9. The average molecular weight is 519 g/mol. The van der Waals surface area contributed by atoms with Gasteiger partial charge in [0.2, 0.25) is 15.9 Å². The number of carbonyl (C=O) groups is 1. The molecule has 0 bridgehead atoms. The molecule has 33 heavy (non-hydrogen) atoms. The summed E-state index contributed by atoms with van der Waals surface area (Å²) in [6, 6.07) is 4.99. The van der Waals surface area contributed by atoms with Gasteiger partial charge in [-0.2, -0.15) is 4.31 Å². The first-order chi connectivity index (χ1) is 15.9. The van der Waals surface area contributed by atoms with Gasteiger partial charge in [-0.15, -0.1) is 0 Å². The van der Waals surface area contributed by atoms with Crippen LogP contribution in [-0.4, -0.2) is 86.5 Å². The summed E-state index contributed by atoms with van der Waals surface area (Å²) in [6.07, 6.45) is 7.56. The van der Waals surface area contributed by atoms with Crippen LogP contribution in [0.1, 0.15) is 44.9 Å². The third kappa shape index (κ3) is 5.85. The second-order valence-corrected chi connectivity index (χ2v) is 11.8. The molecule has 2 heterocycles. The lowest BCUT2D eigenvalue weighted by molar-refractivity contribution is -0.138. The number of carbonyl (C=O) groups excluding carboxylic acids is 1. The van der Waals surface area contributed by atoms with Gasteiger partial charge in [-0.1, -0.05) is 48.5 Å². The summed E-state index contributed by atoms with van der Waals surface area (Å²) in [5.74, 6) is -0.0239. The van der Waals surface area contributed by atoms with Crippen molar-refractivity contribution in [3.05, 3.63) is 28.2 Å². The van der Waals surface area contributed by atoms with Crippen molar-refractivity contribution in [3.63, 3.8) is 0 Å². The molecule has 1 aliphatic carbocycles. The van der Waals surface area contributed by atoms with Gasteiger partial charge in [0, 0.05) is 44.8 Å². The first-order valence-corrected chi connectivity index (χ1v) is 14.1. The number of ether oxygens (including phenoxy) is 1. The second kappa shape index (κ2) is 11.2. The Morgan fingerprint density at radius 2 is 1.67 bits per heavy atom. The Morgan fingerprint density at radius 1 is 0.970 bits per heavy atom. The number of hydrogen-bond donors (Lipinski definition) is 0. The maximum absolute atomic E-state index is 13.3. The standard InChI is InChI=1S/C23H33Cl2N3O4S/c24-20-9-5-10-21(23(20)25)33(30,31)28-11-4-3-8-19(28)16-32-17-22(29)27-14-12-26(13-15-27)18-6-1-2-7-18/h5,9-10,18-19H,1-4,6-8,11-17H2. The van der Waals surface area contributed by atoms with Crippen LogP contribution in [0.15, 0.2) is 23.1 Å². The minimum absolute atomic E-state index is 0.0137. The fourth-order valence-electron chi connectivity index (χ4n) is 5.25. The van der Waals surface area contributed by atoms with Crippen LogP contribution in [-0.2, 0) is 19.6 Å². The lowest BCUT2D eigenvalue weighted by atomic mass is 10.1. The molecule has 10 heteroatoms. The van der Waals surface area contributed by atoms with Crippen LogP contribution in [0.3, 0.4) is 0 Å². The molecule has 7 nitrogen and oxygen atoms in total. The van der Waals surface area contributed by atoms with Gasteiger partial charge in [0.25, 0.3) is 0 Å². The Balaban J connectivity index is 1.30. The molecule has 1 unspecified atom stereocenters. The topological polar surface area (TPSA) is 70.2 Å². The first-order valence-electron chi connectivity index (χ1n) is 11.9. The monoisotopic (exact) mass is 517 g/mol. The summed E-state index contributed by atoms with van der Waals surface area (Å²) < 4.78 is 33.8. The highest BCUT2D eigenvalue weighted by Gasteiger charge is 2.35. The van der Waals surface area contributed by atoms with Crippen molar-refractivity contribution < 1.29 is 17.9 Å². The van der Waals surface area contributed by atoms with E-state index in [4.69, 9.17) is 27.9 Å². The molecule has 1 aromatic rings. The molecular weight excluding hydrogens is 485 g/mol. The van der Waals surface area contributed by atoms with Gasteiger partial charge in [0.05, 0.1) is 16.7 Å². The number of amides is 1. The maximum atomic E-state index is 13.3. The zero-order chi connectivity index (χ0) is 23.4. The number of benzene rings is 1. The minimum atomic E-state index is -3.81. The van der Waals surface area contributed by atoms with E-state index in [2.05, 4.69) is 4.90 Å². The van der Waals surface area contributed by atoms with Crippen LogP contribution in [0.4, 0.5) is 0 Å². The summed E-state index contributed by atoms with van der Waals surface area (Å²) in [6.45, 7) is 3.87. The van der Waals surface area contributed by atoms with Gasteiger partial charge >= 0.3 is 0 Å². The van der Waals surface area contributed by atoms with Crippen molar-refractivity contribution >= 4 is 39.1 Å². The molecule has 4 rings (SSSR count). The first kappa shape index (κ1) is 25.2. The van der Waals surface area contributed by atoms with Crippen molar-refractivity contribution in [2.45, 2.75) is 61.9 Å². The van der Waals surface area contributed by atoms with Crippen molar-refractivity contribution in [1.82, 2.24) is 14.1 Å². The largest absolute Gasteiger partial charge is 0.370 e. The normalized spacial score (nSPS) is 23.8. The summed E-state index contributed by atoms with van der Waals surface area (Å²) >= 11 is 12.3. The van der Waals surface area contributed by atoms with E-state index in [1.165, 1.54) is 36.1 Å². The lowest BCUT2D eigenvalue weighted by Gasteiger charge is -2.38. The molecule has 0 aromatic heterocycles. The van der Waals surface area contributed by atoms with Crippen molar-refractivity contribution in [3.8, 4) is 0 Å². The van der Waals surface area contributed by atoms with E-state index < -0.39 is 10.0 Å². The quantitative estimate of drug-likeness (QED) is 0.552. The molecule has 2 aliphatic heterocycles. The zero-order valence-corrected chi connectivity index (χ0v) is 21.3. The van der Waals surface area contributed by atoms with Gasteiger partial charge in [0.15, 0.2) is 0 Å². The molecule has 2 saturated heterocycles. The highest BCUT2D eigenvalue weighted by molar-refractivity contribution is 7.89. The molecule has 1 saturated carbocycles. The molecule has 3 fully saturated rings. The van der Waals surface area contributed by atoms with E-state index in [0.29, 0.717) is 19.0 Å². The molecule has 184 valence electrons. The van der Waals surface area contributed by atoms with Gasteiger partial charge in [-0.3, -0.25) is 9.69 Å². The second-order valence-electron chi connectivity index (χ2n) is 9.19. The number of piperazine rings is 1. The average Bonchev–Trinajstić information content (AvgIpc) is 3.36. The Labute approximate surface area is 207 Å². The molecule has 0 radical (unpaired) electrons. The van der Waals surface area contributed by atoms with E-state index in [9.17, 15) is 13.2 Å². The van der Waals surface area contributed by atoms with Crippen molar-refractivity contribution in [2.75, 3.05) is 45.9 Å². The predicted octanol–water partition coefficient (Wildman–Crippen LogP) is 3.64. The van der Waals surface area contributed by atoms with Crippen molar-refractivity contribution in [2.24, 2.45) is 0 Å². The molecule has 1 atom stereocenters. The van der Waals surface area contributed by atoms with E-state index in [1.807, 2.05) is 4.90 Å². The van der Waals surface area contributed by atoms with Crippen LogP contribution in [0.2, 0.25) is 10.0 Å². The number of nitrogens with zero attached hydrogens (tertiary/aromatic N) is 3. The van der Waals surface area contributed by atoms with Crippen LogP contribution in [0.25, 0.3) is 0 Å². The number of piperidine rings is 1. The third-order valence-electron chi connectivity index (χ3n) is 7.12. The van der Waals surface area contributed by atoms with Gasteiger partial charge in [-0.05, 0) is 37.8 Å². The minimum Gasteiger partial charge on any atom is -0.370 e. The molecule has 3 aliphatic rings. The van der Waals surface area contributed by atoms with E-state index >= 15 is 0 Å². The van der Waals surface area contributed by atoms with Gasteiger partial charge in [-0.25, -0.2) is 8.42 Å². The summed E-state index contributed by atoms with van der Waals surface area (Å²) in [7, 11) is -3.81. The Hall–Kier alpha value is -0.900. The highest BCUT2D eigenvalue weighted by Crippen LogP contribution is 2.33. The van der Waals surface area contributed by atoms with Gasteiger partial charge in [0.1, 0.15) is 11.5 Å². The third-order valence-corrected chi connectivity index (χ3v) is 10.0. The predicted molar refractivity (Wildman–Crippen MR) is 129 cm³/mol. The number of rotatable bonds is 7. The summed E-state index contributed by atoms with van der Waals surface area (Å²) in [5.41, 5.74) is 0. The Morgan fingerprint density at radius 3 is 2.39 bits per heavy atom. The number of hydrogen-bond acceptors (Lipinski definition) is 5. The summed E-state index contributed by atoms with van der Waals surface area (Å²) in [4.78, 5) is 17.1. The maximum Gasteiger partial charge on any atom is 0.248 e. The Kier molecular flexibility index (Phi) is 8.57. The van der Waals surface area contributed by atoms with Gasteiger partial charge < -0.3 is 9.64 Å². The molecule has 1 aromatic carbocycles. The van der Waals surface area contributed by atoms with E-state index in [1.54, 1.807) is 12.1 Å². The molecule has 0 N–H and O–H groups in total. The van der Waals surface area contributed by atoms with E-state index in [0.717, 1.165) is 39.0 Å². The molecule has 1 amide bonds. The molecular formula is C23H33Cl2N3O4S. The lowest BCUT2D eigenvalue weighted by Crippen LogP contribution is -2.52. The summed E-state index contributed by atoms with van der Waals surface area (Å²) in [5, 5.41) is 0.248. The van der Waals surface area contributed by atoms with Crippen molar-refractivity contribution in [1.29, 1.82) is 0 Å². The fourth-order valence-corrected chi connectivity index (χ4v) is 7.66. The van der Waals surface area contributed by atoms with Crippen LogP contribution in [0.5, 0.6) is 0 Å². The smallest absolute Gasteiger partial charge is 0.248 e. The van der Waals surface area contributed by atoms with Crippen LogP contribution < -0.4 is 0 Å². The Bertz CT molecular complexity index is 932. The van der Waals surface area contributed by atoms with Crippen LogP contribution >= 0.6 is 23.2 Å². The number of sulfonamides is 1. The SMILES string of the molecule is O=C(COCC1CCCCN1S(=O)(=O)c1cccc(Cl)c1Cl)N1CCN(C2CCCC2)CC1. The number of halogens is 2. The fraction of sp³-hybridized carbons (Fsp3) is 0.696. The molecule has 0 spiro atoms. The van der Waals surface area contributed by atoms with Crippen LogP contribution in [0, 0.1) is 0 Å².